The van der Waals surface area contributed by atoms with E-state index in [9.17, 15) is 8.42 Å². The maximum Gasteiger partial charge on any atom is 0.241 e. The Kier molecular flexibility index (Phi) is 6.10. The molecule has 1 atom stereocenters. The number of aliphatic hydroxyl groups is 1. The second-order valence-corrected chi connectivity index (χ2v) is 6.06. The second kappa shape index (κ2) is 7.36. The molecule has 1 aromatic carbocycles. The third kappa shape index (κ3) is 4.28. The number of nitrogens with zero attached hydrogens (tertiary/aromatic N) is 1. The standard InChI is InChI=1S/C13H18N2O4S/c1-10-7-11(8-14)3-4-13(10)20(17,18)15-12(5-6-16)9-19-2/h3-4,7,12,15-16H,5-6,9H2,1-2H3. The summed E-state index contributed by atoms with van der Waals surface area (Å²) in [4.78, 5) is 0.121. The fourth-order valence-corrected chi connectivity index (χ4v) is 3.32. The summed E-state index contributed by atoms with van der Waals surface area (Å²) in [5.74, 6) is 0. The number of hydrogen-bond acceptors (Lipinski definition) is 5. The van der Waals surface area contributed by atoms with Crippen molar-refractivity contribution >= 4 is 10.0 Å². The van der Waals surface area contributed by atoms with Crippen LogP contribution in [0.25, 0.3) is 0 Å². The molecule has 0 aliphatic rings. The van der Waals surface area contributed by atoms with Gasteiger partial charge in [0.25, 0.3) is 0 Å². The summed E-state index contributed by atoms with van der Waals surface area (Å²) >= 11 is 0. The van der Waals surface area contributed by atoms with Crippen molar-refractivity contribution in [2.75, 3.05) is 20.3 Å². The Hall–Kier alpha value is -1.46. The molecule has 0 spiro atoms. The van der Waals surface area contributed by atoms with Crippen LogP contribution in [0.5, 0.6) is 0 Å². The lowest BCUT2D eigenvalue weighted by Gasteiger charge is -2.17. The van der Waals surface area contributed by atoms with Crippen molar-refractivity contribution in [3.8, 4) is 6.07 Å². The van der Waals surface area contributed by atoms with E-state index in [0.29, 0.717) is 11.1 Å². The number of methoxy groups -OCH3 is 1. The van der Waals surface area contributed by atoms with Crippen molar-refractivity contribution in [3.63, 3.8) is 0 Å². The number of hydrogen-bond donors (Lipinski definition) is 2. The van der Waals surface area contributed by atoms with Crippen molar-refractivity contribution in [2.45, 2.75) is 24.3 Å². The highest BCUT2D eigenvalue weighted by atomic mass is 32.2. The lowest BCUT2D eigenvalue weighted by Crippen LogP contribution is -2.38. The van der Waals surface area contributed by atoms with Crippen LogP contribution in [0.4, 0.5) is 0 Å². The topological polar surface area (TPSA) is 99.4 Å². The van der Waals surface area contributed by atoms with Gasteiger partial charge in [-0.3, -0.25) is 0 Å². The predicted molar refractivity (Wildman–Crippen MR) is 73.6 cm³/mol. The van der Waals surface area contributed by atoms with Gasteiger partial charge in [-0.05, 0) is 37.1 Å². The van der Waals surface area contributed by atoms with Crippen molar-refractivity contribution in [1.82, 2.24) is 4.72 Å². The van der Waals surface area contributed by atoms with Crippen molar-refractivity contribution in [3.05, 3.63) is 29.3 Å². The molecule has 20 heavy (non-hydrogen) atoms. The molecule has 7 heteroatoms. The van der Waals surface area contributed by atoms with E-state index in [1.54, 1.807) is 6.92 Å². The zero-order valence-corrected chi connectivity index (χ0v) is 12.3. The van der Waals surface area contributed by atoms with Gasteiger partial charge in [-0.25, -0.2) is 13.1 Å². The number of benzene rings is 1. The summed E-state index contributed by atoms with van der Waals surface area (Å²) in [6, 6.07) is 5.84. The molecule has 0 bridgehead atoms. The highest BCUT2D eigenvalue weighted by Crippen LogP contribution is 2.17. The van der Waals surface area contributed by atoms with Gasteiger partial charge in [0.15, 0.2) is 0 Å². The maximum atomic E-state index is 12.3. The average Bonchev–Trinajstić information content (AvgIpc) is 2.38. The van der Waals surface area contributed by atoms with Crippen LogP contribution >= 0.6 is 0 Å². The molecule has 0 aliphatic carbocycles. The molecule has 6 nitrogen and oxygen atoms in total. The van der Waals surface area contributed by atoms with Crippen molar-refractivity contribution in [1.29, 1.82) is 5.26 Å². The highest BCUT2D eigenvalue weighted by Gasteiger charge is 2.21. The number of nitrogens with one attached hydrogen (secondary N) is 1. The first kappa shape index (κ1) is 16.6. The minimum absolute atomic E-state index is 0.121. The van der Waals surface area contributed by atoms with Crippen LogP contribution in [0.15, 0.2) is 23.1 Å². The molecule has 0 aliphatic heterocycles. The Bertz CT molecular complexity index is 587. The SMILES string of the molecule is COCC(CCO)NS(=O)(=O)c1ccc(C#N)cc1C. The normalized spacial score (nSPS) is 12.9. The summed E-state index contributed by atoms with van der Waals surface area (Å²) in [5, 5.41) is 17.7. The van der Waals surface area contributed by atoms with Crippen LogP contribution in [0.3, 0.4) is 0 Å². The summed E-state index contributed by atoms with van der Waals surface area (Å²) in [6.07, 6.45) is 0.266. The maximum absolute atomic E-state index is 12.3. The molecule has 110 valence electrons. The van der Waals surface area contributed by atoms with Crippen LogP contribution in [0, 0.1) is 18.3 Å². The van der Waals surface area contributed by atoms with E-state index in [-0.39, 0.29) is 24.5 Å². The van der Waals surface area contributed by atoms with E-state index < -0.39 is 16.1 Å². The smallest absolute Gasteiger partial charge is 0.241 e. The zero-order chi connectivity index (χ0) is 15.2. The molecule has 0 aromatic heterocycles. The van der Waals surface area contributed by atoms with E-state index >= 15 is 0 Å². The Balaban J connectivity index is 3.01. The Labute approximate surface area is 119 Å². The molecule has 0 amide bonds. The van der Waals surface area contributed by atoms with Crippen LogP contribution in [-0.2, 0) is 14.8 Å². The molecule has 1 rings (SSSR count). The highest BCUT2D eigenvalue weighted by molar-refractivity contribution is 7.89. The predicted octanol–water partition coefficient (Wildman–Crippen LogP) is 0.542. The van der Waals surface area contributed by atoms with Gasteiger partial charge >= 0.3 is 0 Å². The molecule has 2 N–H and O–H groups in total. The van der Waals surface area contributed by atoms with Crippen LogP contribution in [-0.4, -0.2) is 39.9 Å². The molecule has 0 saturated heterocycles. The summed E-state index contributed by atoms with van der Waals surface area (Å²) in [7, 11) is -2.25. The van der Waals surface area contributed by atoms with Gasteiger partial charge in [0.2, 0.25) is 10.0 Å². The van der Waals surface area contributed by atoms with Crippen LogP contribution < -0.4 is 4.72 Å². The fourth-order valence-electron chi connectivity index (χ4n) is 1.84. The Morgan fingerprint density at radius 1 is 1.50 bits per heavy atom. The van der Waals surface area contributed by atoms with Gasteiger partial charge in [0.1, 0.15) is 0 Å². The summed E-state index contributed by atoms with van der Waals surface area (Å²) in [5.41, 5.74) is 0.905. The summed E-state index contributed by atoms with van der Waals surface area (Å²) < 4.78 is 32.0. The molecular formula is C13H18N2O4S. The van der Waals surface area contributed by atoms with Gasteiger partial charge in [0, 0.05) is 19.8 Å². The van der Waals surface area contributed by atoms with E-state index in [0.717, 1.165) is 0 Å². The van der Waals surface area contributed by atoms with Crippen molar-refractivity contribution < 1.29 is 18.3 Å². The first-order valence-corrected chi connectivity index (χ1v) is 7.55. The van der Waals surface area contributed by atoms with E-state index in [2.05, 4.69) is 4.72 Å². The first-order chi connectivity index (χ1) is 9.44. The van der Waals surface area contributed by atoms with E-state index in [4.69, 9.17) is 15.1 Å². The number of aryl methyl sites for hydroxylation is 1. The molecule has 0 heterocycles. The fraction of sp³-hybridized carbons (Fsp3) is 0.462. The molecule has 0 fully saturated rings. The molecule has 0 radical (unpaired) electrons. The summed E-state index contributed by atoms with van der Waals surface area (Å²) in [6.45, 7) is 1.67. The quantitative estimate of drug-likeness (QED) is 0.765. The van der Waals surface area contributed by atoms with Gasteiger partial charge in [-0.2, -0.15) is 5.26 Å². The number of nitriles is 1. The number of ether oxygens (including phenoxy) is 1. The van der Waals surface area contributed by atoms with Gasteiger partial charge in [0.05, 0.1) is 23.1 Å². The monoisotopic (exact) mass is 298 g/mol. The third-order valence-corrected chi connectivity index (χ3v) is 4.44. The molecular weight excluding hydrogens is 280 g/mol. The Morgan fingerprint density at radius 2 is 2.20 bits per heavy atom. The van der Waals surface area contributed by atoms with E-state index in [1.807, 2.05) is 6.07 Å². The van der Waals surface area contributed by atoms with Crippen molar-refractivity contribution in [2.24, 2.45) is 0 Å². The lowest BCUT2D eigenvalue weighted by atomic mass is 10.2. The van der Waals surface area contributed by atoms with E-state index in [1.165, 1.54) is 25.3 Å². The minimum Gasteiger partial charge on any atom is -0.396 e. The van der Waals surface area contributed by atoms with Gasteiger partial charge in [-0.1, -0.05) is 0 Å². The van der Waals surface area contributed by atoms with Gasteiger partial charge in [-0.15, -0.1) is 0 Å². The average molecular weight is 298 g/mol. The lowest BCUT2D eigenvalue weighted by molar-refractivity contribution is 0.158. The number of sulfonamides is 1. The van der Waals surface area contributed by atoms with Crippen LogP contribution in [0.2, 0.25) is 0 Å². The number of rotatable bonds is 7. The second-order valence-electron chi connectivity index (χ2n) is 4.38. The number of aliphatic hydroxyl groups excluding tert-OH is 1. The minimum atomic E-state index is -3.71. The van der Waals surface area contributed by atoms with Gasteiger partial charge < -0.3 is 9.84 Å². The Morgan fingerprint density at radius 3 is 2.70 bits per heavy atom. The largest absolute Gasteiger partial charge is 0.396 e. The zero-order valence-electron chi connectivity index (χ0n) is 11.5. The van der Waals surface area contributed by atoms with Crippen LogP contribution in [0.1, 0.15) is 17.5 Å². The first-order valence-electron chi connectivity index (χ1n) is 6.07. The molecule has 1 unspecified atom stereocenters. The molecule has 0 saturated carbocycles. The third-order valence-electron chi connectivity index (χ3n) is 2.76. The molecule has 1 aromatic rings.